The lowest BCUT2D eigenvalue weighted by molar-refractivity contribution is 0.511. The van der Waals surface area contributed by atoms with Gasteiger partial charge in [-0.1, -0.05) is 158 Å². The Morgan fingerprint density at radius 2 is 0.946 bits per heavy atom. The summed E-state index contributed by atoms with van der Waals surface area (Å²) in [5, 5.41) is 21.8. The molecule has 354 valence electrons. The van der Waals surface area contributed by atoms with Crippen LogP contribution in [0.3, 0.4) is 0 Å². The third kappa shape index (κ3) is 6.49. The molecule has 1 aliphatic rings. The molecule has 8 aromatic carbocycles. The van der Waals surface area contributed by atoms with Crippen LogP contribution < -0.4 is 0 Å². The number of aryl methyl sites for hydroxylation is 1. The van der Waals surface area contributed by atoms with Crippen molar-refractivity contribution >= 4 is 117 Å². The molecule has 13 aromatic rings. The first-order valence-corrected chi connectivity index (χ1v) is 25.9. The van der Waals surface area contributed by atoms with Gasteiger partial charge in [-0.05, 0) is 105 Å². The van der Waals surface area contributed by atoms with E-state index in [9.17, 15) is 5.26 Å². The van der Waals surface area contributed by atoms with Gasteiger partial charge in [0.1, 0.15) is 6.07 Å². The van der Waals surface area contributed by atoms with Gasteiger partial charge in [-0.2, -0.15) is 5.26 Å². The van der Waals surface area contributed by atoms with Gasteiger partial charge < -0.3 is 22.8 Å². The summed E-state index contributed by atoms with van der Waals surface area (Å²) in [6.07, 6.45) is 14.0. The van der Waals surface area contributed by atoms with Crippen molar-refractivity contribution in [1.82, 2.24) is 22.8 Å². The Morgan fingerprint density at radius 1 is 0.541 bits per heavy atom. The molecule has 0 saturated heterocycles. The van der Waals surface area contributed by atoms with E-state index in [-0.39, 0.29) is 6.04 Å². The van der Waals surface area contributed by atoms with Crippen LogP contribution in [0.15, 0.2) is 212 Å². The van der Waals surface area contributed by atoms with Crippen LogP contribution in [0.25, 0.3) is 117 Å². The molecule has 0 aliphatic heterocycles. The Kier molecular flexibility index (Phi) is 10.3. The first-order valence-electron chi connectivity index (χ1n) is 25.9. The van der Waals surface area contributed by atoms with Crippen molar-refractivity contribution in [1.29, 1.82) is 5.26 Å². The van der Waals surface area contributed by atoms with E-state index >= 15 is 0 Å². The molecule has 1 unspecified atom stereocenters. The van der Waals surface area contributed by atoms with Gasteiger partial charge >= 0.3 is 0 Å². The van der Waals surface area contributed by atoms with Crippen LogP contribution >= 0.6 is 0 Å². The van der Waals surface area contributed by atoms with Crippen molar-refractivity contribution in [2.75, 3.05) is 0 Å². The summed E-state index contributed by atoms with van der Waals surface area (Å²) in [6.45, 7) is 5.14. The Balaban J connectivity index is 1.21. The molecule has 5 aromatic heterocycles. The van der Waals surface area contributed by atoms with Crippen molar-refractivity contribution in [3.63, 3.8) is 0 Å². The van der Waals surface area contributed by atoms with Crippen molar-refractivity contribution < 1.29 is 0 Å². The number of hydrogen-bond acceptors (Lipinski definition) is 1. The van der Waals surface area contributed by atoms with E-state index in [1.54, 1.807) is 0 Å². The maximum absolute atomic E-state index is 12.4. The summed E-state index contributed by atoms with van der Waals surface area (Å²) in [7, 11) is 0. The van der Waals surface area contributed by atoms with E-state index < -0.39 is 0 Å². The molecular weight excluding hydrogens is 901 g/mol. The number of rotatable bonds is 10. The molecule has 0 amide bonds. The molecule has 5 heterocycles. The molecule has 1 atom stereocenters. The van der Waals surface area contributed by atoms with Crippen molar-refractivity contribution in [3.8, 4) is 6.07 Å². The van der Waals surface area contributed by atoms with E-state index in [1.165, 1.54) is 44.3 Å². The lowest BCUT2D eigenvalue weighted by Gasteiger charge is -2.32. The summed E-state index contributed by atoms with van der Waals surface area (Å²) >= 11 is 0. The van der Waals surface area contributed by atoms with Crippen LogP contribution in [0.2, 0.25) is 0 Å². The Labute approximate surface area is 429 Å². The summed E-state index contributed by atoms with van der Waals surface area (Å²) in [5.41, 5.74) is 16.2. The maximum atomic E-state index is 12.4. The maximum Gasteiger partial charge on any atom is 0.103 e. The first-order chi connectivity index (χ1) is 36.6. The molecule has 0 spiro atoms. The van der Waals surface area contributed by atoms with Crippen molar-refractivity contribution in [2.24, 2.45) is 0 Å². The van der Waals surface area contributed by atoms with Gasteiger partial charge in [0, 0.05) is 78.3 Å². The van der Waals surface area contributed by atoms with Crippen LogP contribution in [-0.4, -0.2) is 22.8 Å². The number of para-hydroxylation sites is 8. The lowest BCUT2D eigenvalue weighted by atomic mass is 9.99. The summed E-state index contributed by atoms with van der Waals surface area (Å²) in [5.74, 6) is 0. The number of nitriles is 1. The predicted octanol–water partition coefficient (Wildman–Crippen LogP) is 17.4. The fourth-order valence-corrected chi connectivity index (χ4v) is 12.8. The monoisotopic (exact) mass is 952 g/mol. The second kappa shape index (κ2) is 17.5. The molecule has 0 fully saturated rings. The highest BCUT2D eigenvalue weighted by Gasteiger charge is 2.34. The van der Waals surface area contributed by atoms with E-state index in [0.717, 1.165) is 89.7 Å². The van der Waals surface area contributed by atoms with Gasteiger partial charge in [0.15, 0.2) is 0 Å². The highest BCUT2D eigenvalue weighted by molar-refractivity contribution is 6.16. The molecule has 0 radical (unpaired) electrons. The van der Waals surface area contributed by atoms with Crippen LogP contribution in [0.5, 0.6) is 0 Å². The van der Waals surface area contributed by atoms with Crippen molar-refractivity contribution in [2.45, 2.75) is 45.7 Å². The average molecular weight is 953 g/mol. The number of hydrogen-bond donors (Lipinski definition) is 0. The smallest absolute Gasteiger partial charge is 0.103 e. The van der Waals surface area contributed by atoms with E-state index in [4.69, 9.17) is 0 Å². The molecule has 74 heavy (non-hydrogen) atoms. The molecule has 6 nitrogen and oxygen atoms in total. The number of fused-ring (bicyclic) bond motifs is 13. The minimum atomic E-state index is -0.352. The first kappa shape index (κ1) is 43.5. The molecular formula is C68H52N6. The minimum Gasteiger partial charge on any atom is -0.340 e. The highest BCUT2D eigenvalue weighted by Crippen LogP contribution is 2.48. The number of nitrogens with zero attached hydrogens (tertiary/aromatic N) is 6. The molecule has 6 heteroatoms. The van der Waals surface area contributed by atoms with E-state index in [1.807, 2.05) is 0 Å². The third-order valence-corrected chi connectivity index (χ3v) is 15.9. The van der Waals surface area contributed by atoms with Crippen LogP contribution in [0, 0.1) is 18.3 Å². The van der Waals surface area contributed by atoms with Gasteiger partial charge in [-0.3, -0.25) is 0 Å². The largest absolute Gasteiger partial charge is 0.340 e. The van der Waals surface area contributed by atoms with Crippen LogP contribution in [0.4, 0.5) is 0 Å². The quantitative estimate of drug-likeness (QED) is 0.0995. The second-order valence-corrected chi connectivity index (χ2v) is 19.7. The molecule has 14 rings (SSSR count). The van der Waals surface area contributed by atoms with E-state index in [0.29, 0.717) is 18.5 Å². The number of benzene rings is 8. The molecule has 1 aliphatic carbocycles. The zero-order valence-corrected chi connectivity index (χ0v) is 41.5. The van der Waals surface area contributed by atoms with E-state index in [2.05, 4.69) is 267 Å². The summed E-state index contributed by atoms with van der Waals surface area (Å²) < 4.78 is 12.4. The second-order valence-electron chi connectivity index (χ2n) is 19.7. The van der Waals surface area contributed by atoms with Gasteiger partial charge in [0.05, 0.1) is 56.1 Å². The number of aromatic nitrogens is 5. The average Bonchev–Trinajstić information content (AvgIpc) is 4.23. The normalized spacial score (nSPS) is 13.9. The molecule has 0 bridgehead atoms. The van der Waals surface area contributed by atoms with Crippen molar-refractivity contribution in [3.05, 3.63) is 234 Å². The zero-order valence-electron chi connectivity index (χ0n) is 41.5. The third-order valence-electron chi connectivity index (χ3n) is 15.9. The fourth-order valence-electron chi connectivity index (χ4n) is 12.8. The Hall–Kier alpha value is -9.31. The SMILES string of the molecule is C/C=C\c1c(C)c2c(n1C(CCn1c3ccccc3c3ccccc31)/C(=C(\C(C#N)=C\n1c3ccccc3c3ccccc31)n1c3ccccc3c3ccccc31)n1c3ccccc3c3ccccc31)C=CCC2. The topological polar surface area (TPSA) is 48.4 Å². The predicted molar refractivity (Wildman–Crippen MR) is 312 cm³/mol. The fraction of sp³-hybridized carbons (Fsp3) is 0.103. The minimum absolute atomic E-state index is 0.352. The van der Waals surface area contributed by atoms with Crippen LogP contribution in [-0.2, 0) is 13.0 Å². The summed E-state index contributed by atoms with van der Waals surface area (Å²) in [4.78, 5) is 0. The molecule has 0 saturated carbocycles. The zero-order chi connectivity index (χ0) is 49.4. The lowest BCUT2D eigenvalue weighted by Crippen LogP contribution is -2.23. The van der Waals surface area contributed by atoms with Gasteiger partial charge in [-0.15, -0.1) is 0 Å². The van der Waals surface area contributed by atoms with Gasteiger partial charge in [-0.25, -0.2) is 0 Å². The standard InChI is InChI=1S/C68H52N6/c1-3-22-56-45(2)47-23-4-17-36-61(47)72(56)66(41-42-70-57-32-13-5-24-48(57)49-25-6-14-33-58(49)70)68(74-64-39-20-11-30-54(64)55-31-12-21-40-65(55)74)67(73-62-37-18-9-28-52(62)53-29-10-19-38-63(53)73)46(43-69)44-71-59-34-15-7-26-50(59)51-27-8-16-35-60(51)71/h3,5-22,24-40,44,66H,4,23,41-42H2,1-2H3/b22-3-,46-44+,68-67-. The highest BCUT2D eigenvalue weighted by atomic mass is 15.2. The Bertz CT molecular complexity index is 4380. The Morgan fingerprint density at radius 3 is 1.41 bits per heavy atom. The number of allylic oxidation sites excluding steroid dienone is 5. The molecule has 0 N–H and O–H groups in total. The van der Waals surface area contributed by atoms with Gasteiger partial charge in [0.2, 0.25) is 0 Å². The van der Waals surface area contributed by atoms with Crippen LogP contribution in [0.1, 0.15) is 48.3 Å². The van der Waals surface area contributed by atoms with Gasteiger partial charge in [0.25, 0.3) is 0 Å². The summed E-state index contributed by atoms with van der Waals surface area (Å²) in [6, 6.07) is 72.6.